The monoisotopic (exact) mass is 202 g/mol. The van der Waals surface area contributed by atoms with Crippen molar-refractivity contribution < 1.29 is 14.7 Å². The summed E-state index contributed by atoms with van der Waals surface area (Å²) in [4.78, 5) is 20.8. The van der Waals surface area contributed by atoms with Gasteiger partial charge in [-0.15, -0.1) is 0 Å². The normalized spacial score (nSPS) is 11.2. The van der Waals surface area contributed by atoms with Crippen LogP contribution in [0, 0.1) is 0 Å². The van der Waals surface area contributed by atoms with Gasteiger partial charge in [0.1, 0.15) is 6.04 Å². The first-order chi connectivity index (χ1) is 5.11. The summed E-state index contributed by atoms with van der Waals surface area (Å²) in [5.41, 5.74) is 4.95. The Balaban J connectivity index is 0. The molecule has 0 radical (unpaired) electrons. The molecule has 0 aliphatic rings. The van der Waals surface area contributed by atoms with Gasteiger partial charge < -0.3 is 16.2 Å². The van der Waals surface area contributed by atoms with E-state index in [1.54, 1.807) is 0 Å². The number of aliphatic carboxylic acids is 1. The number of carbonyl (C=O) groups excluding carboxylic acids is 1. The molecule has 0 saturated heterocycles. The molecule has 0 saturated carbocycles. The molecule has 7 heteroatoms. The van der Waals surface area contributed by atoms with Gasteiger partial charge in [-0.05, 0) is 0 Å². The van der Waals surface area contributed by atoms with Crippen LogP contribution in [0.3, 0.4) is 0 Å². The molecule has 4 N–H and O–H groups in total. The molecule has 0 aliphatic carbocycles. The first-order valence-electron chi connectivity index (χ1n) is 2.95. The number of hydrogen-bond donors (Lipinski definition) is 4. The number of nitrogens with one attached hydrogen (secondary N) is 1. The topological polar surface area (TPSA) is 92.4 Å². The van der Waals surface area contributed by atoms with Gasteiger partial charge in [-0.2, -0.15) is 12.6 Å². The zero-order valence-electron chi connectivity index (χ0n) is 5.78. The number of amides is 1. The molecule has 12 heavy (non-hydrogen) atoms. The molecule has 0 bridgehead atoms. The van der Waals surface area contributed by atoms with E-state index in [1.807, 2.05) is 0 Å². The number of rotatable bonds is 4. The van der Waals surface area contributed by atoms with Crippen molar-refractivity contribution in [2.24, 2.45) is 5.73 Å². The Morgan fingerprint density at radius 2 is 2.08 bits per heavy atom. The summed E-state index contributed by atoms with van der Waals surface area (Å²) >= 11 is 3.73. The second-order valence-electron chi connectivity index (χ2n) is 1.85. The zero-order chi connectivity index (χ0) is 8.85. The summed E-state index contributed by atoms with van der Waals surface area (Å²) in [6.45, 7) is -0.211. The predicted molar refractivity (Wildman–Crippen MR) is 49.6 cm³/mol. The van der Waals surface area contributed by atoms with Crippen LogP contribution in [-0.4, -0.2) is 64.9 Å². The third-order valence-corrected chi connectivity index (χ3v) is 1.37. The van der Waals surface area contributed by atoms with Gasteiger partial charge in [0.2, 0.25) is 5.91 Å². The molecule has 0 aromatic carbocycles. The molecular formula is C5H11N2NaO3S. The van der Waals surface area contributed by atoms with Crippen LogP contribution in [0.5, 0.6) is 0 Å². The van der Waals surface area contributed by atoms with Gasteiger partial charge in [0.25, 0.3) is 0 Å². The third-order valence-electron chi connectivity index (χ3n) is 1.00. The number of carboxylic acids is 1. The number of hydrogen-bond acceptors (Lipinski definition) is 4. The fourth-order valence-electron chi connectivity index (χ4n) is 0.439. The Labute approximate surface area is 97.8 Å². The second-order valence-corrected chi connectivity index (χ2v) is 2.21. The molecule has 1 amide bonds. The van der Waals surface area contributed by atoms with Crippen LogP contribution in [0.25, 0.3) is 0 Å². The van der Waals surface area contributed by atoms with Crippen molar-refractivity contribution in [3.8, 4) is 0 Å². The zero-order valence-corrected chi connectivity index (χ0v) is 6.67. The van der Waals surface area contributed by atoms with E-state index in [1.165, 1.54) is 0 Å². The van der Waals surface area contributed by atoms with Crippen molar-refractivity contribution in [3.05, 3.63) is 0 Å². The molecule has 0 fully saturated rings. The van der Waals surface area contributed by atoms with E-state index in [-0.39, 0.29) is 41.9 Å². The molecule has 0 aliphatic heterocycles. The fourth-order valence-corrected chi connectivity index (χ4v) is 0.686. The summed E-state index contributed by atoms with van der Waals surface area (Å²) in [5, 5.41) is 10.6. The quantitative estimate of drug-likeness (QED) is 0.307. The van der Waals surface area contributed by atoms with Crippen LogP contribution in [0.4, 0.5) is 0 Å². The van der Waals surface area contributed by atoms with Crippen LogP contribution in [0.1, 0.15) is 0 Å². The maximum absolute atomic E-state index is 10.6. The molecule has 0 spiro atoms. The number of carbonyl (C=O) groups is 2. The van der Waals surface area contributed by atoms with Crippen molar-refractivity contribution in [1.82, 2.24) is 5.32 Å². The average Bonchev–Trinajstić information content (AvgIpc) is 1.99. The first-order valence-corrected chi connectivity index (χ1v) is 3.58. The third kappa shape index (κ3) is 5.84. The minimum atomic E-state index is -1.11. The Morgan fingerprint density at radius 3 is 2.33 bits per heavy atom. The first kappa shape index (κ1) is 14.8. The maximum atomic E-state index is 10.6. The number of nitrogens with two attached hydrogens (primary N) is 1. The van der Waals surface area contributed by atoms with Crippen molar-refractivity contribution in [2.75, 3.05) is 12.3 Å². The van der Waals surface area contributed by atoms with Gasteiger partial charge in [-0.25, -0.2) is 4.79 Å². The molecule has 0 aromatic heterocycles. The Kier molecular flexibility index (Phi) is 9.69. The van der Waals surface area contributed by atoms with Gasteiger partial charge in [0, 0.05) is 5.75 Å². The van der Waals surface area contributed by atoms with Gasteiger partial charge in [-0.3, -0.25) is 4.79 Å². The Bertz CT molecular complexity index is 167. The molecule has 0 rings (SSSR count). The number of carboxylic acid groups (broad SMARTS) is 1. The second kappa shape index (κ2) is 7.88. The molecule has 0 aromatic rings. The SMILES string of the molecule is NCC(=O)N[C@@H](CS)C(=O)O.[NaH]. The Hall–Kier alpha value is 0.250. The van der Waals surface area contributed by atoms with Gasteiger partial charge in [-0.1, -0.05) is 0 Å². The average molecular weight is 202 g/mol. The molecule has 0 unspecified atom stereocenters. The van der Waals surface area contributed by atoms with Gasteiger partial charge in [0.15, 0.2) is 0 Å². The molecular weight excluding hydrogens is 191 g/mol. The fraction of sp³-hybridized carbons (Fsp3) is 0.600. The van der Waals surface area contributed by atoms with E-state index in [9.17, 15) is 9.59 Å². The van der Waals surface area contributed by atoms with Crippen molar-refractivity contribution in [3.63, 3.8) is 0 Å². The van der Waals surface area contributed by atoms with Crippen LogP contribution in [-0.2, 0) is 9.59 Å². The molecule has 1 atom stereocenters. The van der Waals surface area contributed by atoms with E-state index in [2.05, 4.69) is 17.9 Å². The van der Waals surface area contributed by atoms with Crippen LogP contribution < -0.4 is 11.1 Å². The van der Waals surface area contributed by atoms with Gasteiger partial charge in [0.05, 0.1) is 6.54 Å². The summed E-state index contributed by atoms with van der Waals surface area (Å²) in [6.07, 6.45) is 0. The predicted octanol–water partition coefficient (Wildman–Crippen LogP) is -2.20. The molecule has 5 nitrogen and oxygen atoms in total. The van der Waals surface area contributed by atoms with E-state index in [0.717, 1.165) is 0 Å². The molecule has 0 heterocycles. The van der Waals surface area contributed by atoms with Crippen molar-refractivity contribution in [1.29, 1.82) is 0 Å². The van der Waals surface area contributed by atoms with Crippen LogP contribution in [0.2, 0.25) is 0 Å². The van der Waals surface area contributed by atoms with E-state index in [0.29, 0.717) is 0 Å². The Morgan fingerprint density at radius 1 is 1.58 bits per heavy atom. The van der Waals surface area contributed by atoms with Crippen LogP contribution >= 0.6 is 12.6 Å². The standard InChI is InChI=1S/C5H10N2O3S.Na.H/c6-1-4(8)7-3(2-11)5(9)10;;/h3,11H,1-2,6H2,(H,7,8)(H,9,10);;/t3-;;/m0../s1. The van der Waals surface area contributed by atoms with Crippen molar-refractivity contribution in [2.45, 2.75) is 6.04 Å². The van der Waals surface area contributed by atoms with E-state index < -0.39 is 17.9 Å². The number of thiol groups is 1. The van der Waals surface area contributed by atoms with Crippen LogP contribution in [0.15, 0.2) is 0 Å². The van der Waals surface area contributed by atoms with E-state index in [4.69, 9.17) is 10.8 Å². The molecule has 66 valence electrons. The van der Waals surface area contributed by atoms with E-state index >= 15 is 0 Å². The minimum absolute atomic E-state index is 0. The summed E-state index contributed by atoms with van der Waals surface area (Å²) in [6, 6.07) is -0.950. The van der Waals surface area contributed by atoms with Crippen molar-refractivity contribution >= 4 is 54.1 Å². The summed E-state index contributed by atoms with van der Waals surface area (Å²) < 4.78 is 0. The summed E-state index contributed by atoms with van der Waals surface area (Å²) in [5.74, 6) is -1.55. The van der Waals surface area contributed by atoms with Gasteiger partial charge >= 0.3 is 35.5 Å². The summed E-state index contributed by atoms with van der Waals surface area (Å²) in [7, 11) is 0.